The van der Waals surface area contributed by atoms with E-state index in [4.69, 9.17) is 0 Å². The molecule has 0 bridgehead atoms. The zero-order valence-corrected chi connectivity index (χ0v) is 10.1. The lowest BCUT2D eigenvalue weighted by atomic mass is 9.78. The highest BCUT2D eigenvalue weighted by Gasteiger charge is 2.24. The number of rotatable bonds is 3. The Bertz CT molecular complexity index is 504. The van der Waals surface area contributed by atoms with Gasteiger partial charge in [-0.15, -0.1) is 11.3 Å². The van der Waals surface area contributed by atoms with Crippen LogP contribution in [0.5, 0.6) is 0 Å². The van der Waals surface area contributed by atoms with Gasteiger partial charge in [0.25, 0.3) is 0 Å². The summed E-state index contributed by atoms with van der Waals surface area (Å²) in [5.74, 6) is 0.667. The van der Waals surface area contributed by atoms with Gasteiger partial charge in [-0.2, -0.15) is 0 Å². The molecule has 0 amide bonds. The molecule has 1 aliphatic carbocycles. The van der Waals surface area contributed by atoms with Crippen LogP contribution in [0, 0.1) is 6.92 Å². The number of nitrogens with zero attached hydrogens (tertiary/aromatic N) is 1. The first-order chi connectivity index (χ1) is 7.83. The molecule has 1 N–H and O–H groups in total. The fourth-order valence-electron chi connectivity index (χ4n) is 2.19. The Morgan fingerprint density at radius 1 is 1.44 bits per heavy atom. The van der Waals surface area contributed by atoms with Crippen molar-refractivity contribution in [1.82, 2.24) is 4.98 Å². The number of hydrogen-bond donors (Lipinski definition) is 1. The maximum atomic E-state index is 4.40. The molecule has 2 aromatic rings. The summed E-state index contributed by atoms with van der Waals surface area (Å²) in [6, 6.07) is 8.70. The Labute approximate surface area is 99.4 Å². The number of aromatic nitrogens is 1. The van der Waals surface area contributed by atoms with E-state index in [1.54, 1.807) is 11.3 Å². The fraction of sp³-hybridized carbons (Fsp3) is 0.308. The topological polar surface area (TPSA) is 24.9 Å². The first-order valence-electron chi connectivity index (χ1n) is 5.57. The Morgan fingerprint density at radius 2 is 2.31 bits per heavy atom. The highest BCUT2D eigenvalue weighted by molar-refractivity contribution is 7.13. The van der Waals surface area contributed by atoms with Gasteiger partial charge in [0.1, 0.15) is 0 Å². The number of thiazole rings is 1. The van der Waals surface area contributed by atoms with Crippen LogP contribution in [0.15, 0.2) is 29.6 Å². The van der Waals surface area contributed by atoms with Gasteiger partial charge in [0.2, 0.25) is 0 Å². The molecule has 1 aromatic heterocycles. The average molecular weight is 230 g/mol. The Hall–Kier alpha value is -1.35. The lowest BCUT2D eigenvalue weighted by Crippen LogP contribution is -2.24. The molecule has 1 aromatic carbocycles. The first kappa shape index (κ1) is 9.85. The molecule has 16 heavy (non-hydrogen) atoms. The molecule has 3 heteroatoms. The monoisotopic (exact) mass is 230 g/mol. The molecular formula is C13H14N2S. The van der Waals surface area contributed by atoms with Crippen molar-refractivity contribution in [1.29, 1.82) is 0 Å². The fourth-order valence-corrected chi connectivity index (χ4v) is 2.89. The lowest BCUT2D eigenvalue weighted by Gasteiger charge is -2.30. The van der Waals surface area contributed by atoms with Crippen LogP contribution in [0.2, 0.25) is 0 Å². The van der Waals surface area contributed by atoms with Crippen molar-refractivity contribution in [3.8, 4) is 0 Å². The smallest absolute Gasteiger partial charge is 0.182 e. The van der Waals surface area contributed by atoms with E-state index < -0.39 is 0 Å². The Kier molecular flexibility index (Phi) is 2.40. The Balaban J connectivity index is 1.63. The minimum atomic E-state index is 0.667. The molecule has 2 nitrogen and oxygen atoms in total. The van der Waals surface area contributed by atoms with Crippen LogP contribution in [-0.4, -0.2) is 11.5 Å². The second-order valence-electron chi connectivity index (χ2n) is 4.27. The van der Waals surface area contributed by atoms with Crippen LogP contribution in [0.4, 0.5) is 5.13 Å². The number of fused-ring (bicyclic) bond motifs is 1. The standard InChI is InChI=1S/C13H14N2S/c1-9-8-16-13(15-9)14-7-11-6-10-4-2-3-5-12(10)11/h2-5,8,11H,6-7H2,1H3,(H,14,15). The van der Waals surface area contributed by atoms with Crippen molar-refractivity contribution in [2.24, 2.45) is 0 Å². The second-order valence-corrected chi connectivity index (χ2v) is 5.13. The van der Waals surface area contributed by atoms with Gasteiger partial charge < -0.3 is 5.32 Å². The average Bonchev–Trinajstić information content (AvgIpc) is 2.66. The first-order valence-corrected chi connectivity index (χ1v) is 6.44. The minimum absolute atomic E-state index is 0.667. The molecule has 0 saturated heterocycles. The van der Waals surface area contributed by atoms with Gasteiger partial charge in [0.15, 0.2) is 5.13 Å². The maximum absolute atomic E-state index is 4.40. The lowest BCUT2D eigenvalue weighted by molar-refractivity contribution is 0.635. The largest absolute Gasteiger partial charge is 0.361 e. The molecule has 0 fully saturated rings. The summed E-state index contributed by atoms with van der Waals surface area (Å²) in [4.78, 5) is 4.40. The molecule has 1 atom stereocenters. The molecule has 82 valence electrons. The van der Waals surface area contributed by atoms with Gasteiger partial charge in [0.05, 0.1) is 5.69 Å². The number of benzene rings is 1. The van der Waals surface area contributed by atoms with Crippen molar-refractivity contribution in [3.05, 3.63) is 46.5 Å². The molecular weight excluding hydrogens is 216 g/mol. The highest BCUT2D eigenvalue weighted by atomic mass is 32.1. The SMILES string of the molecule is Cc1csc(NCC2Cc3ccccc32)n1. The summed E-state index contributed by atoms with van der Waals surface area (Å²) in [6.07, 6.45) is 1.20. The quantitative estimate of drug-likeness (QED) is 0.875. The van der Waals surface area contributed by atoms with Crippen LogP contribution in [0.25, 0.3) is 0 Å². The van der Waals surface area contributed by atoms with Crippen LogP contribution in [-0.2, 0) is 6.42 Å². The zero-order valence-electron chi connectivity index (χ0n) is 9.23. The van der Waals surface area contributed by atoms with E-state index in [9.17, 15) is 0 Å². The summed E-state index contributed by atoms with van der Waals surface area (Å²) in [5, 5.41) is 6.54. The summed E-state index contributed by atoms with van der Waals surface area (Å²) in [7, 11) is 0. The van der Waals surface area contributed by atoms with E-state index in [1.807, 2.05) is 6.92 Å². The van der Waals surface area contributed by atoms with E-state index in [1.165, 1.54) is 17.5 Å². The van der Waals surface area contributed by atoms with E-state index in [-0.39, 0.29) is 0 Å². The molecule has 0 saturated carbocycles. The highest BCUT2D eigenvalue weighted by Crippen LogP contribution is 2.34. The van der Waals surface area contributed by atoms with Gasteiger partial charge in [-0.1, -0.05) is 24.3 Å². The predicted octanol–water partition coefficient (Wildman–Crippen LogP) is 3.20. The van der Waals surface area contributed by atoms with E-state index in [2.05, 4.69) is 39.9 Å². The van der Waals surface area contributed by atoms with E-state index in [0.717, 1.165) is 17.4 Å². The second kappa shape index (κ2) is 3.91. The summed E-state index contributed by atoms with van der Waals surface area (Å²) < 4.78 is 0. The van der Waals surface area contributed by atoms with Crippen molar-refractivity contribution >= 4 is 16.5 Å². The number of aryl methyl sites for hydroxylation is 1. The predicted molar refractivity (Wildman–Crippen MR) is 68.2 cm³/mol. The third-order valence-electron chi connectivity index (χ3n) is 3.08. The molecule has 0 spiro atoms. The molecule has 0 radical (unpaired) electrons. The van der Waals surface area contributed by atoms with E-state index >= 15 is 0 Å². The molecule has 1 heterocycles. The van der Waals surface area contributed by atoms with Gasteiger partial charge in [0, 0.05) is 17.8 Å². The van der Waals surface area contributed by atoms with Crippen molar-refractivity contribution in [2.45, 2.75) is 19.3 Å². The normalized spacial score (nSPS) is 17.7. The van der Waals surface area contributed by atoms with Gasteiger partial charge >= 0.3 is 0 Å². The number of hydrogen-bond acceptors (Lipinski definition) is 3. The van der Waals surface area contributed by atoms with E-state index in [0.29, 0.717) is 5.92 Å². The molecule has 1 aliphatic rings. The Morgan fingerprint density at radius 3 is 3.06 bits per heavy atom. The van der Waals surface area contributed by atoms with Crippen LogP contribution >= 0.6 is 11.3 Å². The maximum Gasteiger partial charge on any atom is 0.182 e. The summed E-state index contributed by atoms with van der Waals surface area (Å²) in [5.41, 5.74) is 4.11. The number of anilines is 1. The molecule has 3 rings (SSSR count). The zero-order chi connectivity index (χ0) is 11.0. The third kappa shape index (κ3) is 1.71. The number of nitrogens with one attached hydrogen (secondary N) is 1. The van der Waals surface area contributed by atoms with Crippen molar-refractivity contribution < 1.29 is 0 Å². The van der Waals surface area contributed by atoms with Crippen LogP contribution in [0.1, 0.15) is 22.7 Å². The van der Waals surface area contributed by atoms with Gasteiger partial charge in [-0.25, -0.2) is 4.98 Å². The van der Waals surface area contributed by atoms with Crippen molar-refractivity contribution in [3.63, 3.8) is 0 Å². The third-order valence-corrected chi connectivity index (χ3v) is 4.00. The van der Waals surface area contributed by atoms with Crippen LogP contribution < -0.4 is 5.32 Å². The summed E-state index contributed by atoms with van der Waals surface area (Å²) in [6.45, 7) is 3.03. The van der Waals surface area contributed by atoms with Gasteiger partial charge in [-0.05, 0) is 24.5 Å². The van der Waals surface area contributed by atoms with Crippen LogP contribution in [0.3, 0.4) is 0 Å². The summed E-state index contributed by atoms with van der Waals surface area (Å²) >= 11 is 1.69. The molecule has 0 aliphatic heterocycles. The minimum Gasteiger partial charge on any atom is -0.361 e. The van der Waals surface area contributed by atoms with Gasteiger partial charge in [-0.3, -0.25) is 0 Å². The van der Waals surface area contributed by atoms with Crippen molar-refractivity contribution in [2.75, 3.05) is 11.9 Å². The molecule has 1 unspecified atom stereocenters.